The maximum Gasteiger partial charge on any atom is 0.243 e. The molecule has 1 aliphatic heterocycles. The second-order valence-electron chi connectivity index (χ2n) is 6.68. The molecule has 1 unspecified atom stereocenters. The van der Waals surface area contributed by atoms with Gasteiger partial charge in [0.05, 0.1) is 4.90 Å². The molecule has 26 heavy (non-hydrogen) atoms. The first kappa shape index (κ1) is 18.9. The first-order chi connectivity index (χ1) is 12.6. The van der Waals surface area contributed by atoms with E-state index in [2.05, 4.69) is 12.2 Å². The molecular weight excluding hydrogens is 348 g/mol. The van der Waals surface area contributed by atoms with Crippen molar-refractivity contribution in [2.75, 3.05) is 19.7 Å². The summed E-state index contributed by atoms with van der Waals surface area (Å²) in [6, 6.07) is 18.9. The molecule has 140 valence electrons. The molecule has 0 aromatic heterocycles. The third-order valence-electron chi connectivity index (χ3n) is 4.60. The number of benzene rings is 2. The fourth-order valence-corrected chi connectivity index (χ4v) is 4.68. The molecule has 1 aliphatic rings. The summed E-state index contributed by atoms with van der Waals surface area (Å²) in [5, 5.41) is 3.55. The van der Waals surface area contributed by atoms with Gasteiger partial charge < -0.3 is 10.1 Å². The number of hydrogen-bond acceptors (Lipinski definition) is 4. The SMILES string of the molecule is CC(COc1ccccc1)NC1CCN(S(=O)(=O)c2ccccc2)CC1. The van der Waals surface area contributed by atoms with E-state index in [0.29, 0.717) is 30.6 Å². The fraction of sp³-hybridized carbons (Fsp3) is 0.400. The first-order valence-electron chi connectivity index (χ1n) is 9.05. The highest BCUT2D eigenvalue weighted by Crippen LogP contribution is 2.20. The lowest BCUT2D eigenvalue weighted by molar-refractivity contribution is 0.229. The van der Waals surface area contributed by atoms with E-state index in [1.165, 1.54) is 0 Å². The van der Waals surface area contributed by atoms with E-state index in [1.54, 1.807) is 28.6 Å². The number of ether oxygens (including phenoxy) is 1. The topological polar surface area (TPSA) is 58.6 Å². The standard InChI is InChI=1S/C20H26N2O3S/c1-17(16-25-19-8-4-2-5-9-19)21-18-12-14-22(15-13-18)26(23,24)20-10-6-3-7-11-20/h2-11,17-18,21H,12-16H2,1H3. The highest BCUT2D eigenvalue weighted by atomic mass is 32.2. The molecule has 0 spiro atoms. The van der Waals surface area contributed by atoms with E-state index in [4.69, 9.17) is 4.74 Å². The van der Waals surface area contributed by atoms with Gasteiger partial charge in [0.15, 0.2) is 0 Å². The first-order valence-corrected chi connectivity index (χ1v) is 10.5. The molecule has 1 saturated heterocycles. The van der Waals surface area contributed by atoms with Crippen molar-refractivity contribution >= 4 is 10.0 Å². The van der Waals surface area contributed by atoms with Crippen LogP contribution in [0.1, 0.15) is 19.8 Å². The summed E-state index contributed by atoms with van der Waals surface area (Å²) in [7, 11) is -3.38. The summed E-state index contributed by atoms with van der Waals surface area (Å²) in [5.74, 6) is 0.866. The minimum absolute atomic E-state index is 0.206. The van der Waals surface area contributed by atoms with Crippen molar-refractivity contribution in [3.05, 3.63) is 60.7 Å². The van der Waals surface area contributed by atoms with Gasteiger partial charge in [-0.1, -0.05) is 36.4 Å². The zero-order valence-corrected chi connectivity index (χ0v) is 15.9. The third-order valence-corrected chi connectivity index (χ3v) is 6.51. The third kappa shape index (κ3) is 4.84. The van der Waals surface area contributed by atoms with E-state index in [-0.39, 0.29) is 6.04 Å². The summed E-state index contributed by atoms with van der Waals surface area (Å²) in [6.45, 7) is 3.77. The smallest absolute Gasteiger partial charge is 0.243 e. The van der Waals surface area contributed by atoms with Crippen LogP contribution in [0.5, 0.6) is 5.75 Å². The summed E-state index contributed by atoms with van der Waals surface area (Å²) >= 11 is 0. The maximum atomic E-state index is 12.7. The molecule has 1 N–H and O–H groups in total. The lowest BCUT2D eigenvalue weighted by atomic mass is 10.1. The van der Waals surface area contributed by atoms with Crippen LogP contribution in [-0.2, 0) is 10.0 Å². The quantitative estimate of drug-likeness (QED) is 0.810. The van der Waals surface area contributed by atoms with Gasteiger partial charge in [0.2, 0.25) is 10.0 Å². The van der Waals surface area contributed by atoms with Crippen LogP contribution in [0, 0.1) is 0 Å². The maximum absolute atomic E-state index is 12.7. The average molecular weight is 375 g/mol. The van der Waals surface area contributed by atoms with Gasteiger partial charge in [0.1, 0.15) is 12.4 Å². The van der Waals surface area contributed by atoms with Gasteiger partial charge in [-0.2, -0.15) is 4.31 Å². The van der Waals surface area contributed by atoms with Crippen LogP contribution in [0.4, 0.5) is 0 Å². The van der Waals surface area contributed by atoms with E-state index >= 15 is 0 Å². The Kier molecular flexibility index (Phi) is 6.29. The van der Waals surface area contributed by atoms with E-state index in [0.717, 1.165) is 18.6 Å². The van der Waals surface area contributed by atoms with E-state index in [9.17, 15) is 8.42 Å². The number of piperidine rings is 1. The van der Waals surface area contributed by atoms with Gasteiger partial charge in [-0.15, -0.1) is 0 Å². The van der Waals surface area contributed by atoms with Crippen molar-refractivity contribution < 1.29 is 13.2 Å². The summed E-state index contributed by atoms with van der Waals surface area (Å²) in [4.78, 5) is 0.371. The molecule has 5 nitrogen and oxygen atoms in total. The number of nitrogens with one attached hydrogen (secondary N) is 1. The number of para-hydroxylation sites is 1. The van der Waals surface area contributed by atoms with Gasteiger partial charge in [-0.3, -0.25) is 0 Å². The van der Waals surface area contributed by atoms with Crippen LogP contribution in [-0.4, -0.2) is 44.5 Å². The summed E-state index contributed by atoms with van der Waals surface area (Å²) in [6.07, 6.45) is 1.61. The molecule has 3 rings (SSSR count). The van der Waals surface area contributed by atoms with Crippen molar-refractivity contribution in [1.29, 1.82) is 0 Å². The second-order valence-corrected chi connectivity index (χ2v) is 8.62. The van der Waals surface area contributed by atoms with Crippen LogP contribution < -0.4 is 10.1 Å². The average Bonchev–Trinajstić information content (AvgIpc) is 2.68. The summed E-state index contributed by atoms with van der Waals surface area (Å²) < 4.78 is 32.7. The Morgan fingerprint density at radius 2 is 1.62 bits per heavy atom. The number of sulfonamides is 1. The number of hydrogen-bond donors (Lipinski definition) is 1. The molecule has 1 atom stereocenters. The molecule has 0 bridgehead atoms. The van der Waals surface area contributed by atoms with Crippen molar-refractivity contribution in [2.45, 2.75) is 36.7 Å². The van der Waals surface area contributed by atoms with Gasteiger partial charge in [0, 0.05) is 25.2 Å². The van der Waals surface area contributed by atoms with E-state index in [1.807, 2.05) is 36.4 Å². The van der Waals surface area contributed by atoms with Crippen molar-refractivity contribution in [3.8, 4) is 5.75 Å². The number of rotatable bonds is 7. The highest BCUT2D eigenvalue weighted by molar-refractivity contribution is 7.89. The Morgan fingerprint density at radius 1 is 1.04 bits per heavy atom. The van der Waals surface area contributed by atoms with Crippen LogP contribution in [0.15, 0.2) is 65.6 Å². The van der Waals surface area contributed by atoms with Crippen LogP contribution in [0.3, 0.4) is 0 Å². The zero-order chi connectivity index (χ0) is 18.4. The van der Waals surface area contributed by atoms with Gasteiger partial charge in [0.25, 0.3) is 0 Å². The Bertz CT molecular complexity index is 773. The minimum atomic E-state index is -3.38. The molecule has 2 aromatic rings. The Labute approximate surface area is 156 Å². The molecule has 6 heteroatoms. The lowest BCUT2D eigenvalue weighted by Crippen LogP contribution is -2.48. The summed E-state index contributed by atoms with van der Waals surface area (Å²) in [5.41, 5.74) is 0. The Morgan fingerprint density at radius 3 is 2.23 bits per heavy atom. The van der Waals surface area contributed by atoms with Gasteiger partial charge in [-0.25, -0.2) is 8.42 Å². The molecule has 0 amide bonds. The fourth-order valence-electron chi connectivity index (χ4n) is 3.19. The lowest BCUT2D eigenvalue weighted by Gasteiger charge is -2.33. The van der Waals surface area contributed by atoms with Crippen molar-refractivity contribution in [1.82, 2.24) is 9.62 Å². The molecule has 0 radical (unpaired) electrons. The monoisotopic (exact) mass is 374 g/mol. The van der Waals surface area contributed by atoms with Crippen molar-refractivity contribution in [2.24, 2.45) is 0 Å². The highest BCUT2D eigenvalue weighted by Gasteiger charge is 2.29. The largest absolute Gasteiger partial charge is 0.492 e. The van der Waals surface area contributed by atoms with E-state index < -0.39 is 10.0 Å². The molecule has 1 fully saturated rings. The van der Waals surface area contributed by atoms with Gasteiger partial charge in [-0.05, 0) is 44.0 Å². The molecule has 0 saturated carbocycles. The van der Waals surface area contributed by atoms with Crippen molar-refractivity contribution in [3.63, 3.8) is 0 Å². The Hall–Kier alpha value is -1.89. The number of nitrogens with zero attached hydrogens (tertiary/aromatic N) is 1. The van der Waals surface area contributed by atoms with Crippen LogP contribution in [0.25, 0.3) is 0 Å². The molecule has 0 aliphatic carbocycles. The molecule has 1 heterocycles. The minimum Gasteiger partial charge on any atom is -0.492 e. The molecular formula is C20H26N2O3S. The molecule has 2 aromatic carbocycles. The normalized spacial score (nSPS) is 17.7. The zero-order valence-electron chi connectivity index (χ0n) is 15.0. The predicted molar refractivity (Wildman–Crippen MR) is 103 cm³/mol. The van der Waals surface area contributed by atoms with Crippen LogP contribution in [0.2, 0.25) is 0 Å². The second kappa shape index (κ2) is 8.66. The van der Waals surface area contributed by atoms with Crippen LogP contribution >= 0.6 is 0 Å². The predicted octanol–water partition coefficient (Wildman–Crippen LogP) is 2.90. The van der Waals surface area contributed by atoms with Gasteiger partial charge >= 0.3 is 0 Å². The Balaban J connectivity index is 1.46.